The van der Waals surface area contributed by atoms with Crippen molar-refractivity contribution in [3.63, 3.8) is 0 Å². The van der Waals surface area contributed by atoms with E-state index in [0.717, 1.165) is 19.4 Å². The summed E-state index contributed by atoms with van der Waals surface area (Å²) in [7, 11) is 1.96. The molecule has 18 heavy (non-hydrogen) atoms. The molecule has 0 radical (unpaired) electrons. The predicted molar refractivity (Wildman–Crippen MR) is 72.7 cm³/mol. The van der Waals surface area contributed by atoms with Crippen LogP contribution in [-0.4, -0.2) is 30.5 Å². The molecule has 106 valence electrons. The Morgan fingerprint density at radius 1 is 0.833 bits per heavy atom. The highest BCUT2D eigenvalue weighted by molar-refractivity contribution is 5.78. The largest absolute Gasteiger partial charge is 0.481 e. The fourth-order valence-electron chi connectivity index (χ4n) is 1.88. The van der Waals surface area contributed by atoms with Crippen molar-refractivity contribution in [2.45, 2.75) is 64.2 Å². The molecule has 2 N–H and O–H groups in total. The van der Waals surface area contributed by atoms with Crippen LogP contribution in [0.15, 0.2) is 0 Å². The lowest BCUT2D eigenvalue weighted by Gasteiger charge is -2.02. The molecule has 0 amide bonds. The Bertz CT molecular complexity index is 229. The number of nitrogens with one attached hydrogen (secondary N) is 1. The van der Waals surface area contributed by atoms with Gasteiger partial charge in [-0.15, -0.1) is 0 Å². The Hall–Kier alpha value is -0.900. The standard InChI is InChI=1S/C14H27NO3/c1-15-12-8-4-2-3-5-9-13(16)10-6-7-11-14(17)18/h15H,2-12H2,1H3,(H,17,18). The van der Waals surface area contributed by atoms with Crippen molar-refractivity contribution in [2.24, 2.45) is 0 Å². The number of hydrogen-bond donors (Lipinski definition) is 2. The normalized spacial score (nSPS) is 10.5. The van der Waals surface area contributed by atoms with Crippen LogP contribution in [0.5, 0.6) is 0 Å². The number of unbranched alkanes of at least 4 members (excludes halogenated alkanes) is 5. The molecule has 0 unspecified atom stereocenters. The molecule has 4 heteroatoms. The van der Waals surface area contributed by atoms with Crippen molar-refractivity contribution in [3.05, 3.63) is 0 Å². The summed E-state index contributed by atoms with van der Waals surface area (Å²) in [6.45, 7) is 1.07. The zero-order chi connectivity index (χ0) is 13.6. The number of Topliss-reactive ketones (excluding diaryl/α,β-unsaturated/α-hetero) is 1. The van der Waals surface area contributed by atoms with Crippen LogP contribution >= 0.6 is 0 Å². The van der Waals surface area contributed by atoms with Gasteiger partial charge < -0.3 is 10.4 Å². The number of ketones is 1. The van der Waals surface area contributed by atoms with Gasteiger partial charge in [-0.1, -0.05) is 19.3 Å². The van der Waals surface area contributed by atoms with Gasteiger partial charge >= 0.3 is 5.97 Å². The van der Waals surface area contributed by atoms with Crippen molar-refractivity contribution in [2.75, 3.05) is 13.6 Å². The first-order valence-electron chi connectivity index (χ1n) is 7.05. The Kier molecular flexibility index (Phi) is 11.9. The molecule has 0 saturated carbocycles. The van der Waals surface area contributed by atoms with Gasteiger partial charge in [-0.2, -0.15) is 0 Å². The Labute approximate surface area is 110 Å². The van der Waals surface area contributed by atoms with E-state index in [2.05, 4.69) is 5.32 Å². The highest BCUT2D eigenvalue weighted by Crippen LogP contribution is 2.08. The lowest BCUT2D eigenvalue weighted by Crippen LogP contribution is -2.06. The molecule has 0 aromatic heterocycles. The zero-order valence-electron chi connectivity index (χ0n) is 11.5. The number of rotatable bonds is 13. The van der Waals surface area contributed by atoms with Gasteiger partial charge in [0.2, 0.25) is 0 Å². The molecule has 0 aliphatic rings. The molecule has 0 bridgehead atoms. The maximum absolute atomic E-state index is 11.5. The van der Waals surface area contributed by atoms with Gasteiger partial charge in [-0.05, 0) is 39.3 Å². The van der Waals surface area contributed by atoms with Gasteiger partial charge in [0.25, 0.3) is 0 Å². The Balaban J connectivity index is 3.19. The van der Waals surface area contributed by atoms with Crippen LogP contribution in [0, 0.1) is 0 Å². The first kappa shape index (κ1) is 17.1. The third kappa shape index (κ3) is 13.2. The van der Waals surface area contributed by atoms with Crippen molar-refractivity contribution >= 4 is 11.8 Å². The summed E-state index contributed by atoms with van der Waals surface area (Å²) in [5.74, 6) is -0.486. The minimum Gasteiger partial charge on any atom is -0.481 e. The second kappa shape index (κ2) is 12.6. The molecule has 0 fully saturated rings. The molecule has 0 atom stereocenters. The van der Waals surface area contributed by atoms with E-state index < -0.39 is 5.97 Å². The van der Waals surface area contributed by atoms with Gasteiger partial charge in [0.15, 0.2) is 0 Å². The second-order valence-corrected chi connectivity index (χ2v) is 4.76. The monoisotopic (exact) mass is 257 g/mol. The molecule has 0 aliphatic heterocycles. The van der Waals surface area contributed by atoms with Crippen molar-refractivity contribution in [1.29, 1.82) is 0 Å². The van der Waals surface area contributed by atoms with E-state index in [0.29, 0.717) is 25.7 Å². The molecule has 0 rings (SSSR count). The fraction of sp³-hybridized carbons (Fsp3) is 0.857. The smallest absolute Gasteiger partial charge is 0.303 e. The summed E-state index contributed by atoms with van der Waals surface area (Å²) in [6.07, 6.45) is 8.48. The van der Waals surface area contributed by atoms with E-state index in [1.165, 1.54) is 19.3 Å². The van der Waals surface area contributed by atoms with Crippen LogP contribution in [0.1, 0.15) is 64.2 Å². The van der Waals surface area contributed by atoms with Gasteiger partial charge in [0, 0.05) is 19.3 Å². The molecule has 0 heterocycles. The van der Waals surface area contributed by atoms with E-state index in [9.17, 15) is 9.59 Å². The zero-order valence-corrected chi connectivity index (χ0v) is 11.5. The average molecular weight is 257 g/mol. The number of carboxylic acid groups (broad SMARTS) is 1. The van der Waals surface area contributed by atoms with E-state index in [-0.39, 0.29) is 12.2 Å². The Morgan fingerprint density at radius 2 is 1.33 bits per heavy atom. The number of carbonyl (C=O) groups excluding carboxylic acids is 1. The van der Waals surface area contributed by atoms with Gasteiger partial charge in [-0.3, -0.25) is 9.59 Å². The number of carbonyl (C=O) groups is 2. The topological polar surface area (TPSA) is 66.4 Å². The van der Waals surface area contributed by atoms with Gasteiger partial charge in [0.1, 0.15) is 5.78 Å². The summed E-state index contributed by atoms with van der Waals surface area (Å²) < 4.78 is 0. The average Bonchev–Trinajstić information content (AvgIpc) is 2.33. The molecule has 0 aliphatic carbocycles. The van der Waals surface area contributed by atoms with E-state index >= 15 is 0 Å². The molecular formula is C14H27NO3. The van der Waals surface area contributed by atoms with E-state index in [1.807, 2.05) is 7.05 Å². The van der Waals surface area contributed by atoms with E-state index in [1.54, 1.807) is 0 Å². The molecular weight excluding hydrogens is 230 g/mol. The minimum atomic E-state index is -0.774. The lowest BCUT2D eigenvalue weighted by molar-refractivity contribution is -0.137. The maximum atomic E-state index is 11.5. The summed E-state index contributed by atoms with van der Waals surface area (Å²) in [5, 5.41) is 11.6. The summed E-state index contributed by atoms with van der Waals surface area (Å²) in [4.78, 5) is 21.7. The minimum absolute atomic E-state index is 0.179. The maximum Gasteiger partial charge on any atom is 0.303 e. The number of aliphatic carboxylic acids is 1. The fourth-order valence-corrected chi connectivity index (χ4v) is 1.88. The highest BCUT2D eigenvalue weighted by atomic mass is 16.4. The quantitative estimate of drug-likeness (QED) is 0.498. The summed E-state index contributed by atoms with van der Waals surface area (Å²) in [6, 6.07) is 0. The number of hydrogen-bond acceptors (Lipinski definition) is 3. The van der Waals surface area contributed by atoms with Crippen molar-refractivity contribution in [3.8, 4) is 0 Å². The number of carboxylic acids is 1. The molecule has 0 aromatic carbocycles. The SMILES string of the molecule is CNCCCCCCCC(=O)CCCCC(=O)O. The van der Waals surface area contributed by atoms with Crippen molar-refractivity contribution < 1.29 is 14.7 Å². The van der Waals surface area contributed by atoms with Crippen LogP contribution in [0.2, 0.25) is 0 Å². The van der Waals surface area contributed by atoms with Crippen LogP contribution in [-0.2, 0) is 9.59 Å². The Morgan fingerprint density at radius 3 is 1.94 bits per heavy atom. The first-order chi connectivity index (χ1) is 8.66. The third-order valence-corrected chi connectivity index (χ3v) is 2.98. The first-order valence-corrected chi connectivity index (χ1v) is 7.05. The van der Waals surface area contributed by atoms with Crippen LogP contribution < -0.4 is 5.32 Å². The molecule has 0 saturated heterocycles. The molecule has 0 spiro atoms. The van der Waals surface area contributed by atoms with Gasteiger partial charge in [-0.25, -0.2) is 0 Å². The molecule has 4 nitrogen and oxygen atoms in total. The predicted octanol–water partition coefficient (Wildman–Crippen LogP) is 2.76. The van der Waals surface area contributed by atoms with Crippen molar-refractivity contribution in [1.82, 2.24) is 5.32 Å². The van der Waals surface area contributed by atoms with Crippen LogP contribution in [0.4, 0.5) is 0 Å². The summed E-state index contributed by atoms with van der Waals surface area (Å²) >= 11 is 0. The lowest BCUT2D eigenvalue weighted by atomic mass is 10.0. The van der Waals surface area contributed by atoms with E-state index in [4.69, 9.17) is 5.11 Å². The second-order valence-electron chi connectivity index (χ2n) is 4.76. The van der Waals surface area contributed by atoms with Crippen LogP contribution in [0.3, 0.4) is 0 Å². The highest BCUT2D eigenvalue weighted by Gasteiger charge is 2.03. The van der Waals surface area contributed by atoms with Crippen LogP contribution in [0.25, 0.3) is 0 Å². The molecule has 0 aromatic rings. The summed E-state index contributed by atoms with van der Waals surface area (Å²) in [5.41, 5.74) is 0. The van der Waals surface area contributed by atoms with Gasteiger partial charge in [0.05, 0.1) is 0 Å². The third-order valence-electron chi connectivity index (χ3n) is 2.98.